The van der Waals surface area contributed by atoms with Crippen LogP contribution in [-0.2, 0) is 4.79 Å². The second kappa shape index (κ2) is 4.72. The summed E-state index contributed by atoms with van der Waals surface area (Å²) in [6, 6.07) is 0. The predicted molar refractivity (Wildman–Crippen MR) is 47.0 cm³/mol. The monoisotopic (exact) mass is 153 g/mol. The van der Waals surface area contributed by atoms with E-state index in [4.69, 9.17) is 5.73 Å². The SMILES string of the molecule is C=CC(C)=C(CCC)C(N)=O. The fourth-order valence-electron chi connectivity index (χ4n) is 0.888. The van der Waals surface area contributed by atoms with Crippen molar-refractivity contribution in [1.29, 1.82) is 0 Å². The van der Waals surface area contributed by atoms with Crippen LogP contribution in [0.25, 0.3) is 0 Å². The summed E-state index contributed by atoms with van der Waals surface area (Å²) >= 11 is 0. The lowest BCUT2D eigenvalue weighted by molar-refractivity contribution is -0.114. The summed E-state index contributed by atoms with van der Waals surface area (Å²) in [5, 5.41) is 0. The van der Waals surface area contributed by atoms with Gasteiger partial charge in [0.2, 0.25) is 5.91 Å². The van der Waals surface area contributed by atoms with Crippen LogP contribution in [0.4, 0.5) is 0 Å². The third-order valence-corrected chi connectivity index (χ3v) is 1.58. The molecule has 0 aliphatic carbocycles. The smallest absolute Gasteiger partial charge is 0.244 e. The molecule has 2 N–H and O–H groups in total. The van der Waals surface area contributed by atoms with E-state index in [0.29, 0.717) is 5.57 Å². The van der Waals surface area contributed by atoms with Crippen molar-refractivity contribution in [1.82, 2.24) is 0 Å². The summed E-state index contributed by atoms with van der Waals surface area (Å²) in [6.45, 7) is 7.44. The highest BCUT2D eigenvalue weighted by Gasteiger charge is 2.05. The van der Waals surface area contributed by atoms with E-state index in [0.717, 1.165) is 18.4 Å². The molecule has 0 aliphatic heterocycles. The zero-order valence-corrected chi connectivity index (χ0v) is 7.18. The van der Waals surface area contributed by atoms with Gasteiger partial charge in [-0.25, -0.2) is 0 Å². The van der Waals surface area contributed by atoms with E-state index in [1.54, 1.807) is 6.08 Å². The fraction of sp³-hybridized carbons (Fsp3) is 0.444. The molecule has 0 fully saturated rings. The predicted octanol–water partition coefficient (Wildman–Crippen LogP) is 1.77. The van der Waals surface area contributed by atoms with E-state index in [-0.39, 0.29) is 5.91 Å². The Morgan fingerprint density at radius 2 is 2.18 bits per heavy atom. The Balaban J connectivity index is 4.56. The molecule has 1 amide bonds. The molecule has 2 heteroatoms. The molecule has 0 spiro atoms. The molecule has 0 saturated heterocycles. The summed E-state index contributed by atoms with van der Waals surface area (Å²) < 4.78 is 0. The van der Waals surface area contributed by atoms with Gasteiger partial charge in [-0.05, 0) is 18.9 Å². The van der Waals surface area contributed by atoms with Gasteiger partial charge in [-0.2, -0.15) is 0 Å². The number of carbonyl (C=O) groups excluding carboxylic acids is 1. The van der Waals surface area contributed by atoms with Crippen LogP contribution in [0.15, 0.2) is 23.8 Å². The Hall–Kier alpha value is -1.05. The minimum absolute atomic E-state index is 0.329. The number of nitrogens with two attached hydrogens (primary N) is 1. The van der Waals surface area contributed by atoms with Crippen molar-refractivity contribution in [2.45, 2.75) is 26.7 Å². The first-order valence-electron chi connectivity index (χ1n) is 3.75. The van der Waals surface area contributed by atoms with Crippen molar-refractivity contribution in [2.24, 2.45) is 5.73 Å². The number of hydrogen-bond acceptors (Lipinski definition) is 1. The molecule has 2 nitrogen and oxygen atoms in total. The minimum atomic E-state index is -0.329. The van der Waals surface area contributed by atoms with Crippen LogP contribution in [0.3, 0.4) is 0 Å². The molecule has 0 aromatic carbocycles. The number of allylic oxidation sites excluding steroid dienone is 2. The highest BCUT2D eigenvalue weighted by molar-refractivity contribution is 5.93. The molecule has 0 rings (SSSR count). The molecule has 0 bridgehead atoms. The average Bonchev–Trinajstić information content (AvgIpc) is 1.98. The van der Waals surface area contributed by atoms with Gasteiger partial charge >= 0.3 is 0 Å². The van der Waals surface area contributed by atoms with Crippen LogP contribution in [0, 0.1) is 0 Å². The Labute approximate surface area is 67.8 Å². The fourth-order valence-corrected chi connectivity index (χ4v) is 0.888. The van der Waals surface area contributed by atoms with Gasteiger partial charge in [0.1, 0.15) is 0 Å². The number of carbonyl (C=O) groups is 1. The number of primary amides is 1. The number of amides is 1. The van der Waals surface area contributed by atoms with E-state index in [2.05, 4.69) is 6.58 Å². The molecular weight excluding hydrogens is 138 g/mol. The standard InChI is InChI=1S/C9H15NO/c1-4-6-8(9(10)11)7(3)5-2/h5H,2,4,6H2,1,3H3,(H2,10,11). The van der Waals surface area contributed by atoms with Crippen LogP contribution in [0.5, 0.6) is 0 Å². The zero-order chi connectivity index (χ0) is 8.85. The summed E-state index contributed by atoms with van der Waals surface area (Å²) in [4.78, 5) is 10.8. The van der Waals surface area contributed by atoms with E-state index >= 15 is 0 Å². The lowest BCUT2D eigenvalue weighted by Gasteiger charge is -2.02. The summed E-state index contributed by atoms with van der Waals surface area (Å²) in [5.41, 5.74) is 6.74. The van der Waals surface area contributed by atoms with Gasteiger partial charge < -0.3 is 5.73 Å². The third kappa shape index (κ3) is 3.03. The van der Waals surface area contributed by atoms with E-state index in [9.17, 15) is 4.79 Å². The van der Waals surface area contributed by atoms with Crippen LogP contribution in [-0.4, -0.2) is 5.91 Å². The molecular formula is C9H15NO. The Bertz CT molecular complexity index is 192. The Kier molecular flexibility index (Phi) is 4.27. The maximum Gasteiger partial charge on any atom is 0.244 e. The zero-order valence-electron chi connectivity index (χ0n) is 7.18. The normalized spacial score (nSPS) is 12.2. The number of rotatable bonds is 4. The second-order valence-corrected chi connectivity index (χ2v) is 2.48. The van der Waals surface area contributed by atoms with Crippen LogP contribution in [0.1, 0.15) is 26.7 Å². The van der Waals surface area contributed by atoms with Gasteiger partial charge in [-0.3, -0.25) is 4.79 Å². The van der Waals surface area contributed by atoms with E-state index in [1.165, 1.54) is 0 Å². The van der Waals surface area contributed by atoms with Gasteiger partial charge in [0.25, 0.3) is 0 Å². The average molecular weight is 153 g/mol. The van der Waals surface area contributed by atoms with Crippen LogP contribution in [0.2, 0.25) is 0 Å². The molecule has 62 valence electrons. The van der Waals surface area contributed by atoms with Crippen molar-refractivity contribution in [2.75, 3.05) is 0 Å². The quantitative estimate of drug-likeness (QED) is 0.485. The van der Waals surface area contributed by atoms with Gasteiger partial charge in [-0.15, -0.1) is 0 Å². The summed E-state index contributed by atoms with van der Waals surface area (Å²) in [7, 11) is 0. The largest absolute Gasteiger partial charge is 0.366 e. The topological polar surface area (TPSA) is 43.1 Å². The van der Waals surface area contributed by atoms with Gasteiger partial charge in [0.15, 0.2) is 0 Å². The first-order chi connectivity index (χ1) is 5.13. The van der Waals surface area contributed by atoms with Gasteiger partial charge in [0.05, 0.1) is 0 Å². The highest BCUT2D eigenvalue weighted by Crippen LogP contribution is 2.10. The summed E-state index contributed by atoms with van der Waals surface area (Å²) in [6.07, 6.45) is 3.34. The number of hydrogen-bond donors (Lipinski definition) is 1. The molecule has 0 heterocycles. The molecule has 0 unspecified atom stereocenters. The lowest BCUT2D eigenvalue weighted by atomic mass is 10.0. The molecule has 0 radical (unpaired) electrons. The first kappa shape index (κ1) is 9.95. The third-order valence-electron chi connectivity index (χ3n) is 1.58. The van der Waals surface area contributed by atoms with Crippen molar-refractivity contribution in [3.05, 3.63) is 23.8 Å². The molecule has 0 aliphatic rings. The Morgan fingerprint density at radius 3 is 2.45 bits per heavy atom. The first-order valence-corrected chi connectivity index (χ1v) is 3.75. The Morgan fingerprint density at radius 1 is 1.64 bits per heavy atom. The minimum Gasteiger partial charge on any atom is -0.366 e. The summed E-state index contributed by atoms with van der Waals surface area (Å²) in [5.74, 6) is -0.329. The van der Waals surface area contributed by atoms with Crippen molar-refractivity contribution in [3.8, 4) is 0 Å². The van der Waals surface area contributed by atoms with Gasteiger partial charge in [-0.1, -0.05) is 26.0 Å². The van der Waals surface area contributed by atoms with E-state index in [1.807, 2.05) is 13.8 Å². The maximum atomic E-state index is 10.8. The second-order valence-electron chi connectivity index (χ2n) is 2.48. The van der Waals surface area contributed by atoms with Crippen molar-refractivity contribution in [3.63, 3.8) is 0 Å². The van der Waals surface area contributed by atoms with Crippen molar-refractivity contribution < 1.29 is 4.79 Å². The molecule has 0 saturated carbocycles. The van der Waals surface area contributed by atoms with Crippen molar-refractivity contribution >= 4 is 5.91 Å². The maximum absolute atomic E-state index is 10.8. The van der Waals surface area contributed by atoms with E-state index < -0.39 is 0 Å². The lowest BCUT2D eigenvalue weighted by Crippen LogP contribution is -2.15. The molecule has 0 aromatic heterocycles. The molecule has 0 aromatic rings. The van der Waals surface area contributed by atoms with Crippen LogP contribution >= 0.6 is 0 Å². The molecule has 11 heavy (non-hydrogen) atoms. The van der Waals surface area contributed by atoms with Crippen LogP contribution < -0.4 is 5.73 Å². The molecule has 0 atom stereocenters. The highest BCUT2D eigenvalue weighted by atomic mass is 16.1. The van der Waals surface area contributed by atoms with Gasteiger partial charge in [0, 0.05) is 5.57 Å².